The molecular formula is C19H16N2O3S2. The van der Waals surface area contributed by atoms with E-state index in [0.29, 0.717) is 17.0 Å². The molecule has 0 unspecified atom stereocenters. The molecule has 0 radical (unpaired) electrons. The highest BCUT2D eigenvalue weighted by Gasteiger charge is 2.15. The summed E-state index contributed by atoms with van der Waals surface area (Å²) in [4.78, 5) is 25.9. The van der Waals surface area contributed by atoms with Gasteiger partial charge in [0.2, 0.25) is 0 Å². The lowest BCUT2D eigenvalue weighted by molar-refractivity contribution is -0.113. The van der Waals surface area contributed by atoms with Crippen LogP contribution in [0.1, 0.15) is 15.2 Å². The molecule has 0 fully saturated rings. The average molecular weight is 384 g/mol. The Hall–Kier alpha value is -2.90. The highest BCUT2D eigenvalue weighted by atomic mass is 32.1. The maximum atomic E-state index is 12.7. The highest BCUT2D eigenvalue weighted by molar-refractivity contribution is 7.10. The van der Waals surface area contributed by atoms with Crippen LogP contribution in [0, 0.1) is 0 Å². The van der Waals surface area contributed by atoms with Gasteiger partial charge in [-0.2, -0.15) is 11.3 Å². The largest absolute Gasteiger partial charge is 0.497 e. The van der Waals surface area contributed by atoms with E-state index < -0.39 is 5.91 Å². The lowest BCUT2D eigenvalue weighted by Gasteiger charge is -2.11. The third kappa shape index (κ3) is 4.59. The summed E-state index contributed by atoms with van der Waals surface area (Å²) < 4.78 is 5.11. The van der Waals surface area contributed by atoms with E-state index in [1.807, 2.05) is 22.9 Å². The van der Waals surface area contributed by atoms with Gasteiger partial charge in [-0.1, -0.05) is 6.07 Å². The summed E-state index contributed by atoms with van der Waals surface area (Å²) in [7, 11) is 1.58. The molecule has 2 aromatic heterocycles. The van der Waals surface area contributed by atoms with E-state index >= 15 is 0 Å². The number of amides is 2. The number of carbonyl (C=O) groups excluding carboxylic acids is 2. The van der Waals surface area contributed by atoms with Crippen LogP contribution < -0.4 is 15.4 Å². The van der Waals surface area contributed by atoms with Crippen molar-refractivity contribution in [2.24, 2.45) is 0 Å². The standard InChI is InChI=1S/C19H16N2O3S2/c1-24-15-6-4-14(5-7-15)20-19(23)17(11-16-3-2-9-26-16)21-18(22)13-8-10-25-12-13/h2-12H,1H3,(H,20,23)(H,21,22)/b17-11+. The topological polar surface area (TPSA) is 67.4 Å². The van der Waals surface area contributed by atoms with E-state index in [1.165, 1.54) is 22.7 Å². The fourth-order valence-corrected chi connectivity index (χ4v) is 3.43. The molecule has 0 aliphatic carbocycles. The lowest BCUT2D eigenvalue weighted by Crippen LogP contribution is -2.30. The highest BCUT2D eigenvalue weighted by Crippen LogP contribution is 2.17. The smallest absolute Gasteiger partial charge is 0.272 e. The molecule has 3 rings (SSSR count). The second kappa shape index (κ2) is 8.46. The summed E-state index contributed by atoms with van der Waals surface area (Å²) in [6.07, 6.45) is 1.66. The van der Waals surface area contributed by atoms with Gasteiger partial charge in [0, 0.05) is 15.9 Å². The van der Waals surface area contributed by atoms with Gasteiger partial charge in [0.05, 0.1) is 12.7 Å². The molecule has 0 spiro atoms. The summed E-state index contributed by atoms with van der Waals surface area (Å²) in [5.74, 6) is -0.0193. The summed E-state index contributed by atoms with van der Waals surface area (Å²) in [5, 5.41) is 10.9. The minimum atomic E-state index is -0.396. The van der Waals surface area contributed by atoms with Crippen LogP contribution in [0.25, 0.3) is 6.08 Å². The van der Waals surface area contributed by atoms with Gasteiger partial charge in [0.25, 0.3) is 11.8 Å². The zero-order valence-electron chi connectivity index (χ0n) is 13.9. The van der Waals surface area contributed by atoms with Gasteiger partial charge >= 0.3 is 0 Å². The van der Waals surface area contributed by atoms with Crippen molar-refractivity contribution < 1.29 is 14.3 Å². The fraction of sp³-hybridized carbons (Fsp3) is 0.0526. The van der Waals surface area contributed by atoms with Crippen LogP contribution in [0.2, 0.25) is 0 Å². The molecule has 7 heteroatoms. The molecule has 2 N–H and O–H groups in total. The van der Waals surface area contributed by atoms with Crippen molar-refractivity contribution in [2.45, 2.75) is 0 Å². The van der Waals surface area contributed by atoms with Gasteiger partial charge in [0.15, 0.2) is 0 Å². The molecule has 0 bridgehead atoms. The van der Waals surface area contributed by atoms with Crippen molar-refractivity contribution in [1.29, 1.82) is 0 Å². The molecule has 2 heterocycles. The van der Waals surface area contributed by atoms with E-state index in [9.17, 15) is 9.59 Å². The molecule has 2 amide bonds. The molecule has 0 atom stereocenters. The summed E-state index contributed by atoms with van der Waals surface area (Å²) in [6.45, 7) is 0. The summed E-state index contributed by atoms with van der Waals surface area (Å²) >= 11 is 2.91. The molecule has 0 aliphatic heterocycles. The number of thiophene rings is 2. The first-order valence-electron chi connectivity index (χ1n) is 7.70. The summed E-state index contributed by atoms with van der Waals surface area (Å²) in [6, 6.07) is 12.5. The maximum Gasteiger partial charge on any atom is 0.272 e. The predicted molar refractivity (Wildman–Crippen MR) is 106 cm³/mol. The Bertz CT molecular complexity index is 899. The van der Waals surface area contributed by atoms with Crippen LogP contribution in [0.5, 0.6) is 5.75 Å². The van der Waals surface area contributed by atoms with Crippen LogP contribution in [-0.4, -0.2) is 18.9 Å². The molecular weight excluding hydrogens is 368 g/mol. The maximum absolute atomic E-state index is 12.7. The van der Waals surface area contributed by atoms with E-state index in [2.05, 4.69) is 10.6 Å². The fourth-order valence-electron chi connectivity index (χ4n) is 2.13. The quantitative estimate of drug-likeness (QED) is 0.625. The van der Waals surface area contributed by atoms with Crippen LogP contribution in [-0.2, 0) is 4.79 Å². The normalized spacial score (nSPS) is 11.0. The van der Waals surface area contributed by atoms with Crippen molar-refractivity contribution >= 4 is 46.3 Å². The lowest BCUT2D eigenvalue weighted by atomic mass is 10.2. The molecule has 5 nitrogen and oxygen atoms in total. The number of benzene rings is 1. The van der Waals surface area contributed by atoms with Gasteiger partial charge in [0.1, 0.15) is 11.4 Å². The van der Waals surface area contributed by atoms with Crippen molar-refractivity contribution in [2.75, 3.05) is 12.4 Å². The number of methoxy groups -OCH3 is 1. The van der Waals surface area contributed by atoms with Crippen LogP contribution in [0.4, 0.5) is 5.69 Å². The minimum Gasteiger partial charge on any atom is -0.497 e. The van der Waals surface area contributed by atoms with Gasteiger partial charge in [-0.25, -0.2) is 0 Å². The number of hydrogen-bond acceptors (Lipinski definition) is 5. The Morgan fingerprint density at radius 2 is 1.88 bits per heavy atom. The zero-order valence-corrected chi connectivity index (χ0v) is 15.5. The number of ether oxygens (including phenoxy) is 1. The van der Waals surface area contributed by atoms with Crippen molar-refractivity contribution in [1.82, 2.24) is 5.32 Å². The van der Waals surface area contributed by atoms with Crippen LogP contribution in [0.15, 0.2) is 64.3 Å². The third-order valence-electron chi connectivity index (χ3n) is 3.45. The first kappa shape index (κ1) is 17.9. The van der Waals surface area contributed by atoms with E-state index in [0.717, 1.165) is 4.88 Å². The van der Waals surface area contributed by atoms with E-state index in [4.69, 9.17) is 4.74 Å². The number of hydrogen-bond donors (Lipinski definition) is 2. The molecule has 0 saturated heterocycles. The Morgan fingerprint density at radius 1 is 1.08 bits per heavy atom. The van der Waals surface area contributed by atoms with E-state index in [-0.39, 0.29) is 11.6 Å². The number of anilines is 1. The Balaban J connectivity index is 1.79. The monoisotopic (exact) mass is 384 g/mol. The van der Waals surface area contributed by atoms with Crippen molar-refractivity contribution in [3.63, 3.8) is 0 Å². The van der Waals surface area contributed by atoms with Crippen molar-refractivity contribution in [3.05, 3.63) is 74.7 Å². The molecule has 132 valence electrons. The predicted octanol–water partition coefficient (Wildman–Crippen LogP) is 4.23. The molecule has 1 aromatic carbocycles. The Labute approximate surface area is 158 Å². The first-order chi connectivity index (χ1) is 12.7. The van der Waals surface area contributed by atoms with Crippen LogP contribution in [0.3, 0.4) is 0 Å². The number of carbonyl (C=O) groups is 2. The van der Waals surface area contributed by atoms with Gasteiger partial charge < -0.3 is 15.4 Å². The Kier molecular flexibility index (Phi) is 5.83. The van der Waals surface area contributed by atoms with Gasteiger partial charge in [-0.15, -0.1) is 11.3 Å². The molecule has 3 aromatic rings. The Morgan fingerprint density at radius 3 is 2.50 bits per heavy atom. The van der Waals surface area contributed by atoms with Gasteiger partial charge in [-0.3, -0.25) is 9.59 Å². The van der Waals surface area contributed by atoms with E-state index in [1.54, 1.807) is 48.9 Å². The second-order valence-corrected chi connectivity index (χ2v) is 6.98. The van der Waals surface area contributed by atoms with Crippen LogP contribution >= 0.6 is 22.7 Å². The molecule has 0 aliphatic rings. The SMILES string of the molecule is COc1ccc(NC(=O)/C(=C\c2cccs2)NC(=O)c2ccsc2)cc1. The van der Waals surface area contributed by atoms with Crippen molar-refractivity contribution in [3.8, 4) is 5.75 Å². The number of nitrogens with one attached hydrogen (secondary N) is 2. The molecule has 0 saturated carbocycles. The zero-order chi connectivity index (χ0) is 18.4. The third-order valence-corrected chi connectivity index (χ3v) is 4.96. The van der Waals surface area contributed by atoms with Gasteiger partial charge in [-0.05, 0) is 53.2 Å². The number of rotatable bonds is 6. The average Bonchev–Trinajstić information content (AvgIpc) is 3.35. The first-order valence-corrected chi connectivity index (χ1v) is 9.52. The minimum absolute atomic E-state index is 0.180. The summed E-state index contributed by atoms with van der Waals surface area (Å²) in [5.41, 5.74) is 1.31. The molecule has 26 heavy (non-hydrogen) atoms. The second-order valence-electron chi connectivity index (χ2n) is 5.22.